The largest absolute Gasteiger partial charge is 0.497 e. The second-order valence-electron chi connectivity index (χ2n) is 8.51. The number of rotatable bonds is 7. The maximum absolute atomic E-state index is 14.6. The number of carbonyl (C=O) groups is 1. The molecule has 5 rings (SSSR count). The van der Waals surface area contributed by atoms with Gasteiger partial charge in [-0.2, -0.15) is 4.52 Å². The molecule has 0 radical (unpaired) electrons. The van der Waals surface area contributed by atoms with Gasteiger partial charge in [0.2, 0.25) is 5.95 Å². The molecule has 4 aromatic rings. The van der Waals surface area contributed by atoms with Crippen molar-refractivity contribution >= 4 is 28.3 Å². The van der Waals surface area contributed by atoms with Crippen LogP contribution in [0.3, 0.4) is 0 Å². The van der Waals surface area contributed by atoms with E-state index in [1.165, 1.54) is 13.2 Å². The number of ketones is 1. The van der Waals surface area contributed by atoms with Crippen LogP contribution in [-0.2, 0) is 11.3 Å². The highest BCUT2D eigenvalue weighted by molar-refractivity contribution is 5.93. The van der Waals surface area contributed by atoms with Crippen molar-refractivity contribution in [3.63, 3.8) is 0 Å². The minimum absolute atomic E-state index is 0.0659. The Labute approximate surface area is 201 Å². The van der Waals surface area contributed by atoms with E-state index in [9.17, 15) is 9.18 Å². The molecule has 2 heterocycles. The maximum Gasteiger partial charge on any atom is 0.226 e. The minimum Gasteiger partial charge on any atom is -0.497 e. The number of hydrogen-bond acceptors (Lipinski definition) is 8. The number of ether oxygens (including phenoxy) is 3. The predicted molar refractivity (Wildman–Crippen MR) is 128 cm³/mol. The van der Waals surface area contributed by atoms with Gasteiger partial charge in [-0.3, -0.25) is 4.79 Å². The van der Waals surface area contributed by atoms with E-state index in [1.807, 2.05) is 18.2 Å². The lowest BCUT2D eigenvalue weighted by Crippen LogP contribution is -2.14. The van der Waals surface area contributed by atoms with Gasteiger partial charge in [-0.25, -0.2) is 14.4 Å². The number of methoxy groups -OCH3 is 3. The van der Waals surface area contributed by atoms with Crippen molar-refractivity contribution in [1.29, 1.82) is 0 Å². The Kier molecular flexibility index (Phi) is 6.10. The molecule has 1 saturated carbocycles. The van der Waals surface area contributed by atoms with Gasteiger partial charge in [-0.1, -0.05) is 0 Å². The van der Waals surface area contributed by atoms with Crippen LogP contribution in [0.4, 0.5) is 10.3 Å². The zero-order valence-electron chi connectivity index (χ0n) is 19.8. The molecule has 1 atom stereocenters. The number of benzene rings is 2. The Morgan fingerprint density at radius 3 is 2.66 bits per heavy atom. The summed E-state index contributed by atoms with van der Waals surface area (Å²) < 4.78 is 32.1. The third kappa shape index (κ3) is 4.31. The first-order valence-corrected chi connectivity index (χ1v) is 11.4. The van der Waals surface area contributed by atoms with Crippen molar-refractivity contribution in [3.8, 4) is 17.2 Å². The molecule has 0 spiro atoms. The smallest absolute Gasteiger partial charge is 0.226 e. The van der Waals surface area contributed by atoms with Crippen LogP contribution in [0.5, 0.6) is 17.2 Å². The molecule has 0 amide bonds. The Morgan fingerprint density at radius 1 is 1.09 bits per heavy atom. The summed E-state index contributed by atoms with van der Waals surface area (Å²) in [6.45, 7) is 0.385. The van der Waals surface area contributed by atoms with E-state index < -0.39 is 5.82 Å². The van der Waals surface area contributed by atoms with Gasteiger partial charge < -0.3 is 19.5 Å². The number of hydrogen-bond donors (Lipinski definition) is 1. The summed E-state index contributed by atoms with van der Waals surface area (Å²) in [4.78, 5) is 21.5. The monoisotopic (exact) mass is 479 g/mol. The molecule has 10 heteroatoms. The van der Waals surface area contributed by atoms with Crippen molar-refractivity contribution in [2.24, 2.45) is 0 Å². The molecule has 0 aliphatic heterocycles. The molecule has 9 nitrogen and oxygen atoms in total. The van der Waals surface area contributed by atoms with Gasteiger partial charge in [0.1, 0.15) is 17.3 Å². The van der Waals surface area contributed by atoms with Gasteiger partial charge >= 0.3 is 0 Å². The normalized spacial score (nSPS) is 16.0. The topological polar surface area (TPSA) is 99.9 Å². The van der Waals surface area contributed by atoms with Crippen LogP contribution >= 0.6 is 0 Å². The molecule has 1 aliphatic carbocycles. The first-order valence-electron chi connectivity index (χ1n) is 11.4. The van der Waals surface area contributed by atoms with Crippen molar-refractivity contribution in [2.75, 3.05) is 26.6 Å². The molecule has 182 valence electrons. The molecule has 2 aromatic carbocycles. The quantitative estimate of drug-likeness (QED) is 0.419. The zero-order chi connectivity index (χ0) is 24.5. The fraction of sp³-hybridized carbons (Fsp3) is 0.360. The fourth-order valence-corrected chi connectivity index (χ4v) is 4.49. The fourth-order valence-electron chi connectivity index (χ4n) is 4.49. The average molecular weight is 480 g/mol. The molecular weight excluding hydrogens is 453 g/mol. The van der Waals surface area contributed by atoms with Crippen molar-refractivity contribution in [2.45, 2.75) is 38.1 Å². The number of nitrogens with zero attached hydrogens (tertiary/aromatic N) is 4. The van der Waals surface area contributed by atoms with Gasteiger partial charge in [0, 0.05) is 48.4 Å². The van der Waals surface area contributed by atoms with Gasteiger partial charge in [-0.15, -0.1) is 5.10 Å². The summed E-state index contributed by atoms with van der Waals surface area (Å²) in [5.74, 6) is 2.08. The first kappa shape index (κ1) is 22.8. The predicted octanol–water partition coefficient (Wildman–Crippen LogP) is 4.28. The Morgan fingerprint density at radius 2 is 1.91 bits per heavy atom. The molecule has 0 bridgehead atoms. The average Bonchev–Trinajstić information content (AvgIpc) is 3.33. The van der Waals surface area contributed by atoms with Gasteiger partial charge in [0.05, 0.1) is 26.8 Å². The summed E-state index contributed by atoms with van der Waals surface area (Å²) in [5, 5.41) is 8.52. The summed E-state index contributed by atoms with van der Waals surface area (Å²) in [6.07, 6.45) is 2.65. The van der Waals surface area contributed by atoms with E-state index in [0.717, 1.165) is 18.4 Å². The van der Waals surface area contributed by atoms with E-state index in [2.05, 4.69) is 5.32 Å². The van der Waals surface area contributed by atoms with E-state index in [1.54, 1.807) is 24.8 Å². The molecule has 0 saturated heterocycles. The lowest BCUT2D eigenvalue weighted by Gasteiger charge is -2.17. The number of fused-ring (bicyclic) bond motifs is 3. The summed E-state index contributed by atoms with van der Waals surface area (Å²) in [5.41, 5.74) is 1.87. The molecule has 1 aliphatic rings. The Hall–Kier alpha value is -3.95. The molecule has 2 aromatic heterocycles. The lowest BCUT2D eigenvalue weighted by molar-refractivity contribution is -0.120. The van der Waals surface area contributed by atoms with Crippen LogP contribution in [0.25, 0.3) is 16.6 Å². The number of halogens is 1. The van der Waals surface area contributed by atoms with Crippen LogP contribution in [0.15, 0.2) is 30.3 Å². The van der Waals surface area contributed by atoms with Crippen LogP contribution in [-0.4, -0.2) is 46.7 Å². The second kappa shape index (κ2) is 9.36. The van der Waals surface area contributed by atoms with Crippen LogP contribution in [0.2, 0.25) is 0 Å². The number of carbonyl (C=O) groups excluding carboxylic acids is 1. The van der Waals surface area contributed by atoms with Gasteiger partial charge in [0.25, 0.3) is 0 Å². The number of nitrogens with one attached hydrogen (secondary N) is 1. The van der Waals surface area contributed by atoms with Crippen LogP contribution in [0, 0.1) is 5.82 Å². The zero-order valence-corrected chi connectivity index (χ0v) is 19.8. The van der Waals surface area contributed by atoms with E-state index >= 15 is 0 Å². The highest BCUT2D eigenvalue weighted by Crippen LogP contribution is 2.33. The molecule has 1 N–H and O–H groups in total. The lowest BCUT2D eigenvalue weighted by atomic mass is 9.88. The Bertz CT molecular complexity index is 1420. The molecule has 1 unspecified atom stereocenters. The standard InChI is InChI=1S/C25H26FN5O4/c1-33-17-8-7-15(21(10-17)34-2)13-27-25-28-20-12-22(35-3)19(26)11-18(20)24-29-23(30-31(24)25)14-5-4-6-16(32)9-14/h7-8,10-12,14H,4-6,9,13H2,1-3H3,(H,27,28). The highest BCUT2D eigenvalue weighted by atomic mass is 19.1. The maximum atomic E-state index is 14.6. The number of anilines is 1. The second-order valence-corrected chi connectivity index (χ2v) is 8.51. The van der Waals surface area contributed by atoms with E-state index in [0.29, 0.717) is 59.2 Å². The van der Waals surface area contributed by atoms with Crippen LogP contribution in [0.1, 0.15) is 43.0 Å². The van der Waals surface area contributed by atoms with Gasteiger partial charge in [0.15, 0.2) is 23.0 Å². The number of Topliss-reactive ketones (excluding diaryl/α,β-unsaturated/α-hetero) is 1. The number of aromatic nitrogens is 4. The van der Waals surface area contributed by atoms with E-state index in [-0.39, 0.29) is 17.5 Å². The molecular formula is C25H26FN5O4. The van der Waals surface area contributed by atoms with Gasteiger partial charge in [-0.05, 0) is 31.0 Å². The highest BCUT2D eigenvalue weighted by Gasteiger charge is 2.26. The van der Waals surface area contributed by atoms with E-state index in [4.69, 9.17) is 29.3 Å². The third-order valence-electron chi connectivity index (χ3n) is 6.34. The molecule has 35 heavy (non-hydrogen) atoms. The van der Waals surface area contributed by atoms with Crippen molar-refractivity contribution < 1.29 is 23.4 Å². The molecule has 1 fully saturated rings. The summed E-state index contributed by atoms with van der Waals surface area (Å²) in [6, 6.07) is 8.47. The van der Waals surface area contributed by atoms with Crippen molar-refractivity contribution in [3.05, 3.63) is 47.5 Å². The third-order valence-corrected chi connectivity index (χ3v) is 6.34. The van der Waals surface area contributed by atoms with Crippen molar-refractivity contribution in [1.82, 2.24) is 19.6 Å². The van der Waals surface area contributed by atoms with Crippen LogP contribution < -0.4 is 19.5 Å². The SMILES string of the molecule is COc1ccc(CNc2nc3cc(OC)c(F)cc3c3nc(C4CCCC(=O)C4)nn23)c(OC)c1. The Balaban J connectivity index is 1.59. The summed E-state index contributed by atoms with van der Waals surface area (Å²) >= 11 is 0. The summed E-state index contributed by atoms with van der Waals surface area (Å²) in [7, 11) is 4.61. The first-order chi connectivity index (χ1) is 17.0. The minimum atomic E-state index is -0.509.